The largest absolute Gasteiger partial charge is 0.457 e. The Morgan fingerprint density at radius 3 is 2.45 bits per heavy atom. The smallest absolute Gasteiger partial charge is 0.332 e. The second-order valence-corrected chi connectivity index (χ2v) is 8.01. The number of pyridine rings is 1. The van der Waals surface area contributed by atoms with E-state index in [1.807, 2.05) is 30.3 Å². The summed E-state index contributed by atoms with van der Waals surface area (Å²) in [7, 11) is 0. The summed E-state index contributed by atoms with van der Waals surface area (Å²) in [5.74, 6) is 0.802. The molecule has 2 aliphatic rings. The number of benzene rings is 2. The third-order valence-electron chi connectivity index (χ3n) is 5.88. The van der Waals surface area contributed by atoms with Crippen LogP contribution in [0.2, 0.25) is 0 Å². The number of imide groups is 1. The molecular weight excluding hydrogens is 420 g/mol. The van der Waals surface area contributed by atoms with Gasteiger partial charge in [-0.3, -0.25) is 14.6 Å². The number of hydrogen-bond donors (Lipinski definition) is 1. The summed E-state index contributed by atoms with van der Waals surface area (Å²) < 4.78 is 5.79. The van der Waals surface area contributed by atoms with Crippen molar-refractivity contribution in [3.05, 3.63) is 84.7 Å². The third kappa shape index (κ3) is 4.15. The zero-order valence-corrected chi connectivity index (χ0v) is 17.8. The number of hydrogen-bond acceptors (Lipinski definition) is 5. The van der Waals surface area contributed by atoms with Crippen LogP contribution in [-0.4, -0.2) is 46.4 Å². The van der Waals surface area contributed by atoms with Crippen LogP contribution in [-0.2, 0) is 4.79 Å². The van der Waals surface area contributed by atoms with E-state index in [0.29, 0.717) is 42.1 Å². The average Bonchev–Trinajstić information content (AvgIpc) is 3.10. The maximum Gasteiger partial charge on any atom is 0.332 e. The fraction of sp³-hybridized carbons (Fsp3) is 0.200. The first-order valence-electron chi connectivity index (χ1n) is 10.8. The number of ether oxygens (including phenoxy) is 1. The van der Waals surface area contributed by atoms with E-state index in [2.05, 4.69) is 10.3 Å². The van der Waals surface area contributed by atoms with Crippen molar-refractivity contribution in [2.24, 2.45) is 0 Å². The molecule has 0 saturated carbocycles. The van der Waals surface area contributed by atoms with Crippen molar-refractivity contribution < 1.29 is 19.1 Å². The Bertz CT molecular complexity index is 1170. The Hall–Kier alpha value is -4.20. The van der Waals surface area contributed by atoms with Gasteiger partial charge < -0.3 is 15.0 Å². The van der Waals surface area contributed by atoms with E-state index in [1.54, 1.807) is 47.5 Å². The average molecular weight is 442 g/mol. The fourth-order valence-corrected chi connectivity index (χ4v) is 4.22. The minimum Gasteiger partial charge on any atom is -0.457 e. The molecule has 4 amide bonds. The number of piperidine rings is 1. The molecule has 8 nitrogen and oxygen atoms in total. The van der Waals surface area contributed by atoms with Gasteiger partial charge in [0.15, 0.2) is 0 Å². The van der Waals surface area contributed by atoms with Crippen molar-refractivity contribution in [2.75, 3.05) is 11.4 Å². The zero-order valence-electron chi connectivity index (χ0n) is 17.8. The summed E-state index contributed by atoms with van der Waals surface area (Å²) >= 11 is 0. The van der Waals surface area contributed by atoms with E-state index in [4.69, 9.17) is 4.74 Å². The quantitative estimate of drug-likeness (QED) is 0.610. The second kappa shape index (κ2) is 8.74. The van der Waals surface area contributed by atoms with Crippen LogP contribution in [0.15, 0.2) is 79.1 Å². The van der Waals surface area contributed by atoms with E-state index >= 15 is 0 Å². The van der Waals surface area contributed by atoms with Crippen molar-refractivity contribution in [2.45, 2.75) is 24.9 Å². The predicted molar refractivity (Wildman–Crippen MR) is 121 cm³/mol. The third-order valence-corrected chi connectivity index (χ3v) is 5.88. The van der Waals surface area contributed by atoms with Crippen LogP contribution in [0.4, 0.5) is 10.5 Å². The second-order valence-electron chi connectivity index (χ2n) is 8.01. The van der Waals surface area contributed by atoms with Gasteiger partial charge in [-0.15, -0.1) is 0 Å². The topological polar surface area (TPSA) is 91.8 Å². The Labute approximate surface area is 190 Å². The highest BCUT2D eigenvalue weighted by molar-refractivity contribution is 6.21. The fourth-order valence-electron chi connectivity index (χ4n) is 4.22. The van der Waals surface area contributed by atoms with Gasteiger partial charge in [-0.1, -0.05) is 18.2 Å². The molecule has 166 valence electrons. The number of anilines is 1. The molecule has 0 unspecified atom stereocenters. The van der Waals surface area contributed by atoms with E-state index in [-0.39, 0.29) is 23.9 Å². The lowest BCUT2D eigenvalue weighted by Gasteiger charge is -2.32. The monoisotopic (exact) mass is 442 g/mol. The van der Waals surface area contributed by atoms with Gasteiger partial charge in [-0.25, -0.2) is 9.69 Å². The normalized spacial score (nSPS) is 19.9. The minimum atomic E-state index is -0.592. The summed E-state index contributed by atoms with van der Waals surface area (Å²) in [4.78, 5) is 45.3. The van der Waals surface area contributed by atoms with Gasteiger partial charge in [0.25, 0.3) is 11.8 Å². The van der Waals surface area contributed by atoms with Gasteiger partial charge in [0.1, 0.15) is 17.5 Å². The number of rotatable bonds is 5. The Kier molecular flexibility index (Phi) is 5.48. The molecule has 3 aromatic rings. The molecule has 3 heterocycles. The first kappa shape index (κ1) is 20.7. The number of nitrogens with one attached hydrogen (secondary N) is 1. The van der Waals surface area contributed by atoms with Gasteiger partial charge in [-0.05, 0) is 61.4 Å². The van der Waals surface area contributed by atoms with E-state index < -0.39 is 6.04 Å². The lowest BCUT2D eigenvalue weighted by atomic mass is 9.97. The molecule has 0 bridgehead atoms. The Morgan fingerprint density at radius 1 is 0.970 bits per heavy atom. The van der Waals surface area contributed by atoms with Crippen LogP contribution in [0.3, 0.4) is 0 Å². The maximum absolute atomic E-state index is 13.1. The van der Waals surface area contributed by atoms with Crippen LogP contribution in [0.25, 0.3) is 0 Å². The SMILES string of the molecule is O=C(N[C@H]1CCN2C(=O)N(c3ccc(Oc4ccccc4)cc3)C(=O)[C@H]2C1)c1cccnc1. The zero-order chi connectivity index (χ0) is 22.8. The summed E-state index contributed by atoms with van der Waals surface area (Å²) in [5, 5.41) is 2.96. The standard InChI is InChI=1S/C25H22N4O4/c30-23(17-5-4-13-26-16-17)27-18-12-14-28-22(15-18)24(31)29(25(28)32)19-8-10-21(11-9-19)33-20-6-2-1-3-7-20/h1-11,13,16,18,22H,12,14-15H2,(H,27,30)/t18-,22+/m0/s1. The van der Waals surface area contributed by atoms with Gasteiger partial charge in [0, 0.05) is 25.0 Å². The van der Waals surface area contributed by atoms with Crippen LogP contribution in [0.5, 0.6) is 11.5 Å². The van der Waals surface area contributed by atoms with Gasteiger partial charge in [-0.2, -0.15) is 0 Å². The molecule has 0 spiro atoms. The number of carbonyl (C=O) groups excluding carboxylic acids is 3. The van der Waals surface area contributed by atoms with Gasteiger partial charge >= 0.3 is 6.03 Å². The van der Waals surface area contributed by atoms with Crippen LogP contribution in [0.1, 0.15) is 23.2 Å². The molecular formula is C25H22N4O4. The molecule has 2 aliphatic heterocycles. The van der Waals surface area contributed by atoms with Crippen molar-refractivity contribution in [1.29, 1.82) is 0 Å². The number of aromatic nitrogens is 1. The number of para-hydroxylation sites is 1. The summed E-state index contributed by atoms with van der Waals surface area (Å²) in [6, 6.07) is 18.5. The van der Waals surface area contributed by atoms with Crippen LogP contribution in [0, 0.1) is 0 Å². The van der Waals surface area contributed by atoms with Crippen molar-refractivity contribution in [1.82, 2.24) is 15.2 Å². The number of urea groups is 1. The van der Waals surface area contributed by atoms with Crippen molar-refractivity contribution in [3.63, 3.8) is 0 Å². The molecule has 2 fully saturated rings. The van der Waals surface area contributed by atoms with E-state index in [1.165, 1.54) is 11.1 Å². The lowest BCUT2D eigenvalue weighted by Crippen LogP contribution is -2.49. The number of nitrogens with zero attached hydrogens (tertiary/aromatic N) is 3. The molecule has 0 aliphatic carbocycles. The minimum absolute atomic E-state index is 0.197. The Morgan fingerprint density at radius 2 is 1.73 bits per heavy atom. The van der Waals surface area contributed by atoms with Crippen molar-refractivity contribution >= 4 is 23.5 Å². The Balaban J connectivity index is 1.26. The highest BCUT2D eigenvalue weighted by atomic mass is 16.5. The van der Waals surface area contributed by atoms with Gasteiger partial charge in [0.2, 0.25) is 0 Å². The molecule has 2 aromatic carbocycles. The van der Waals surface area contributed by atoms with E-state index in [9.17, 15) is 14.4 Å². The molecule has 33 heavy (non-hydrogen) atoms. The van der Waals surface area contributed by atoms with Crippen molar-refractivity contribution in [3.8, 4) is 11.5 Å². The lowest BCUT2D eigenvalue weighted by molar-refractivity contribution is -0.120. The number of fused-ring (bicyclic) bond motifs is 1. The summed E-state index contributed by atoms with van der Waals surface area (Å²) in [6.07, 6.45) is 4.07. The highest BCUT2D eigenvalue weighted by Crippen LogP contribution is 2.32. The summed E-state index contributed by atoms with van der Waals surface area (Å²) in [5.41, 5.74) is 0.962. The van der Waals surface area contributed by atoms with Crippen LogP contribution < -0.4 is 15.0 Å². The first-order chi connectivity index (χ1) is 16.1. The molecule has 1 aromatic heterocycles. The summed E-state index contributed by atoms with van der Waals surface area (Å²) in [6.45, 7) is 0.402. The predicted octanol–water partition coefficient (Wildman–Crippen LogP) is 3.60. The molecule has 0 radical (unpaired) electrons. The first-order valence-corrected chi connectivity index (χ1v) is 10.8. The molecule has 1 N–H and O–H groups in total. The van der Waals surface area contributed by atoms with Gasteiger partial charge in [0.05, 0.1) is 11.3 Å². The highest BCUT2D eigenvalue weighted by Gasteiger charge is 2.48. The molecule has 2 atom stereocenters. The molecule has 5 rings (SSSR count). The molecule has 2 saturated heterocycles. The van der Waals surface area contributed by atoms with E-state index in [0.717, 1.165) is 0 Å². The van der Waals surface area contributed by atoms with Crippen LogP contribution >= 0.6 is 0 Å². The molecule has 8 heteroatoms. The number of carbonyl (C=O) groups is 3. The number of amides is 4. The maximum atomic E-state index is 13.1.